The van der Waals surface area contributed by atoms with Crippen molar-refractivity contribution in [2.24, 2.45) is 0 Å². The molecule has 1 aliphatic rings. The molecular weight excluding hydrogens is 302 g/mol. The molecule has 24 heavy (non-hydrogen) atoms. The molecule has 1 aliphatic heterocycles. The molecule has 3 N–H and O–H groups in total. The fourth-order valence-electron chi connectivity index (χ4n) is 3.37. The molecular formula is C18H25N5O. The van der Waals surface area contributed by atoms with Crippen molar-refractivity contribution in [3.63, 3.8) is 0 Å². The van der Waals surface area contributed by atoms with E-state index in [9.17, 15) is 0 Å². The summed E-state index contributed by atoms with van der Waals surface area (Å²) in [5.74, 6) is 2.89. The molecule has 0 radical (unpaired) electrons. The number of hydrogen-bond donors (Lipinski definition) is 2. The van der Waals surface area contributed by atoms with Crippen LogP contribution in [0.5, 0.6) is 5.75 Å². The van der Waals surface area contributed by atoms with E-state index in [1.165, 1.54) is 18.4 Å². The first-order chi connectivity index (χ1) is 11.7. The second kappa shape index (κ2) is 7.38. The second-order valence-corrected chi connectivity index (χ2v) is 6.08. The highest BCUT2D eigenvalue weighted by Crippen LogP contribution is 2.29. The number of ether oxygens (including phenoxy) is 1. The average Bonchev–Trinajstić information content (AvgIpc) is 2.62. The molecule has 1 aromatic heterocycles. The minimum absolute atomic E-state index is 0.304. The lowest BCUT2D eigenvalue weighted by molar-refractivity contribution is 0.400. The fraction of sp³-hybridized carbons (Fsp3) is 0.444. The molecule has 128 valence electrons. The summed E-state index contributed by atoms with van der Waals surface area (Å²) in [6.07, 6.45) is 4.47. The van der Waals surface area contributed by atoms with Gasteiger partial charge in [-0.15, -0.1) is 0 Å². The third-order valence-corrected chi connectivity index (χ3v) is 4.56. The van der Waals surface area contributed by atoms with Gasteiger partial charge in [-0.1, -0.05) is 18.2 Å². The lowest BCUT2D eigenvalue weighted by atomic mass is 9.95. The molecule has 0 amide bonds. The number of aromatic nitrogens is 2. The van der Waals surface area contributed by atoms with Crippen LogP contribution in [0.3, 0.4) is 0 Å². The van der Waals surface area contributed by atoms with Crippen molar-refractivity contribution in [2.75, 3.05) is 36.7 Å². The monoisotopic (exact) mass is 327 g/mol. The Hall–Kier alpha value is -2.50. The number of methoxy groups -OCH3 is 1. The van der Waals surface area contributed by atoms with E-state index in [0.29, 0.717) is 12.0 Å². The van der Waals surface area contributed by atoms with Crippen LogP contribution in [0.25, 0.3) is 0 Å². The molecule has 1 atom stereocenters. The van der Waals surface area contributed by atoms with Gasteiger partial charge in [-0.3, -0.25) is 0 Å². The zero-order valence-electron chi connectivity index (χ0n) is 14.3. The van der Waals surface area contributed by atoms with Gasteiger partial charge in [-0.25, -0.2) is 0 Å². The Morgan fingerprint density at radius 1 is 1.29 bits per heavy atom. The maximum atomic E-state index is 5.88. The van der Waals surface area contributed by atoms with Crippen molar-refractivity contribution in [1.82, 2.24) is 9.97 Å². The largest absolute Gasteiger partial charge is 0.496 e. The van der Waals surface area contributed by atoms with Crippen LogP contribution in [-0.4, -0.2) is 36.7 Å². The van der Waals surface area contributed by atoms with Crippen LogP contribution in [0.1, 0.15) is 24.8 Å². The first-order valence-electron chi connectivity index (χ1n) is 8.42. The number of nitrogen functional groups attached to an aromatic ring is 1. The summed E-state index contributed by atoms with van der Waals surface area (Å²) in [5.41, 5.74) is 7.11. The van der Waals surface area contributed by atoms with Crippen LogP contribution >= 0.6 is 0 Å². The minimum Gasteiger partial charge on any atom is -0.496 e. The number of benzene rings is 1. The van der Waals surface area contributed by atoms with Crippen LogP contribution in [0.4, 0.5) is 17.6 Å². The zero-order valence-corrected chi connectivity index (χ0v) is 14.3. The molecule has 1 unspecified atom stereocenters. The number of para-hydroxylation sites is 1. The van der Waals surface area contributed by atoms with Gasteiger partial charge < -0.3 is 20.7 Å². The number of rotatable bonds is 5. The van der Waals surface area contributed by atoms with Crippen molar-refractivity contribution < 1.29 is 4.74 Å². The molecule has 0 saturated carbocycles. The minimum atomic E-state index is 0.304. The van der Waals surface area contributed by atoms with E-state index in [-0.39, 0.29) is 0 Å². The summed E-state index contributed by atoms with van der Waals surface area (Å²) in [6.45, 7) is 0.986. The van der Waals surface area contributed by atoms with Crippen LogP contribution in [0, 0.1) is 0 Å². The highest BCUT2D eigenvalue weighted by Gasteiger charge is 2.25. The van der Waals surface area contributed by atoms with E-state index in [1.807, 2.05) is 25.2 Å². The predicted molar refractivity (Wildman–Crippen MR) is 97.7 cm³/mol. The summed E-state index contributed by atoms with van der Waals surface area (Å²) in [6, 6.07) is 10.6. The topological polar surface area (TPSA) is 76.3 Å². The molecule has 6 heteroatoms. The lowest BCUT2D eigenvalue weighted by Crippen LogP contribution is -2.41. The van der Waals surface area contributed by atoms with Gasteiger partial charge in [0.05, 0.1) is 7.11 Å². The third kappa shape index (κ3) is 3.53. The lowest BCUT2D eigenvalue weighted by Gasteiger charge is -2.37. The van der Waals surface area contributed by atoms with Crippen LogP contribution in [-0.2, 0) is 6.42 Å². The van der Waals surface area contributed by atoms with E-state index in [0.717, 1.165) is 36.8 Å². The molecule has 0 aliphatic carbocycles. The highest BCUT2D eigenvalue weighted by atomic mass is 16.5. The first kappa shape index (κ1) is 16.4. The van der Waals surface area contributed by atoms with Gasteiger partial charge in [0, 0.05) is 25.7 Å². The van der Waals surface area contributed by atoms with Gasteiger partial charge in [0.25, 0.3) is 0 Å². The molecule has 1 saturated heterocycles. The zero-order chi connectivity index (χ0) is 16.9. The molecule has 2 heterocycles. The summed E-state index contributed by atoms with van der Waals surface area (Å²) in [4.78, 5) is 11.0. The third-order valence-electron chi connectivity index (χ3n) is 4.56. The number of nitrogens with one attached hydrogen (secondary N) is 1. The molecule has 2 aromatic rings. The number of nitrogens with two attached hydrogens (primary N) is 1. The number of anilines is 3. The average molecular weight is 327 g/mol. The van der Waals surface area contributed by atoms with Crippen LogP contribution in [0.15, 0.2) is 30.3 Å². The quantitative estimate of drug-likeness (QED) is 0.879. The molecule has 3 rings (SSSR count). The summed E-state index contributed by atoms with van der Waals surface area (Å²) >= 11 is 0. The van der Waals surface area contributed by atoms with E-state index < -0.39 is 0 Å². The Balaban J connectivity index is 1.87. The maximum Gasteiger partial charge on any atom is 0.223 e. The fourth-order valence-corrected chi connectivity index (χ4v) is 3.37. The standard InChI is InChI=1S/C18H25N5O/c1-20-16-12-17(22-18(19)21-16)23-10-6-5-8-14(23)11-13-7-3-4-9-15(13)24-2/h3-4,7,9,12,14H,5-6,8,10-11H2,1-2H3,(H3,19,20,21,22). The van der Waals surface area contributed by atoms with Gasteiger partial charge in [-0.2, -0.15) is 9.97 Å². The van der Waals surface area contributed by atoms with E-state index >= 15 is 0 Å². The Labute approximate surface area is 143 Å². The van der Waals surface area contributed by atoms with Gasteiger partial charge in [0.1, 0.15) is 17.4 Å². The highest BCUT2D eigenvalue weighted by molar-refractivity contribution is 5.53. The van der Waals surface area contributed by atoms with Crippen molar-refractivity contribution in [2.45, 2.75) is 31.7 Å². The van der Waals surface area contributed by atoms with Crippen molar-refractivity contribution in [3.8, 4) is 5.75 Å². The summed E-state index contributed by atoms with van der Waals surface area (Å²) < 4.78 is 5.51. The van der Waals surface area contributed by atoms with Crippen LogP contribution < -0.4 is 20.7 Å². The first-order valence-corrected chi connectivity index (χ1v) is 8.42. The Morgan fingerprint density at radius 3 is 2.92 bits per heavy atom. The summed E-state index contributed by atoms with van der Waals surface area (Å²) in [5, 5.41) is 3.05. The summed E-state index contributed by atoms with van der Waals surface area (Å²) in [7, 11) is 3.57. The Kier molecular flexibility index (Phi) is 5.03. The molecule has 1 fully saturated rings. The van der Waals surface area contributed by atoms with Crippen molar-refractivity contribution in [3.05, 3.63) is 35.9 Å². The normalized spacial score (nSPS) is 17.6. The van der Waals surface area contributed by atoms with E-state index in [2.05, 4.69) is 32.3 Å². The molecule has 0 spiro atoms. The number of nitrogens with zero attached hydrogens (tertiary/aromatic N) is 3. The Morgan fingerprint density at radius 2 is 2.12 bits per heavy atom. The maximum absolute atomic E-state index is 5.88. The van der Waals surface area contributed by atoms with Gasteiger partial charge >= 0.3 is 0 Å². The second-order valence-electron chi connectivity index (χ2n) is 6.08. The smallest absolute Gasteiger partial charge is 0.223 e. The van der Waals surface area contributed by atoms with E-state index in [1.54, 1.807) is 7.11 Å². The van der Waals surface area contributed by atoms with E-state index in [4.69, 9.17) is 10.5 Å². The molecule has 1 aromatic carbocycles. The number of piperidine rings is 1. The van der Waals surface area contributed by atoms with Crippen LogP contribution in [0.2, 0.25) is 0 Å². The number of hydrogen-bond acceptors (Lipinski definition) is 6. The Bertz CT molecular complexity index is 691. The predicted octanol–water partition coefficient (Wildman–Crippen LogP) is 2.71. The molecule has 0 bridgehead atoms. The molecule has 6 nitrogen and oxygen atoms in total. The van der Waals surface area contributed by atoms with Crippen molar-refractivity contribution in [1.29, 1.82) is 0 Å². The van der Waals surface area contributed by atoms with Gasteiger partial charge in [0.2, 0.25) is 5.95 Å². The van der Waals surface area contributed by atoms with Crippen molar-refractivity contribution >= 4 is 17.6 Å². The SMILES string of the molecule is CNc1cc(N2CCCCC2Cc2ccccc2OC)nc(N)n1. The van der Waals surface area contributed by atoms with Gasteiger partial charge in [-0.05, 0) is 37.3 Å². The van der Waals surface area contributed by atoms with Gasteiger partial charge in [0.15, 0.2) is 0 Å².